The lowest BCUT2D eigenvalue weighted by Gasteiger charge is -2.36. The lowest BCUT2D eigenvalue weighted by atomic mass is 10.2. The summed E-state index contributed by atoms with van der Waals surface area (Å²) in [4.78, 5) is 4.60. The van der Waals surface area contributed by atoms with Gasteiger partial charge in [0.25, 0.3) is 0 Å². The van der Waals surface area contributed by atoms with Gasteiger partial charge in [-0.05, 0) is 18.5 Å². The van der Waals surface area contributed by atoms with Crippen LogP contribution >= 0.6 is 0 Å². The van der Waals surface area contributed by atoms with Gasteiger partial charge in [-0.15, -0.1) is 13.2 Å². The van der Waals surface area contributed by atoms with Crippen molar-refractivity contribution in [3.05, 3.63) is 35.9 Å². The van der Waals surface area contributed by atoms with E-state index in [1.807, 2.05) is 30.3 Å². The van der Waals surface area contributed by atoms with Crippen LogP contribution in [0.3, 0.4) is 0 Å². The van der Waals surface area contributed by atoms with Crippen molar-refractivity contribution in [2.75, 3.05) is 45.9 Å². The molecule has 4 nitrogen and oxygen atoms in total. The second-order valence-electron chi connectivity index (χ2n) is 7.02. The second kappa shape index (κ2) is 11.6. The van der Waals surface area contributed by atoms with Crippen LogP contribution in [0.4, 0.5) is 13.2 Å². The highest BCUT2D eigenvalue weighted by Crippen LogP contribution is 2.18. The zero-order valence-corrected chi connectivity index (χ0v) is 16.1. The molecular weight excluding hydrogens is 357 g/mol. The summed E-state index contributed by atoms with van der Waals surface area (Å²) >= 11 is 0. The first-order chi connectivity index (χ1) is 13.0. The van der Waals surface area contributed by atoms with Gasteiger partial charge in [-0.25, -0.2) is 0 Å². The van der Waals surface area contributed by atoms with Crippen LogP contribution in [0.15, 0.2) is 30.3 Å². The van der Waals surface area contributed by atoms with Crippen molar-refractivity contribution in [3.8, 4) is 0 Å². The summed E-state index contributed by atoms with van der Waals surface area (Å²) < 4.78 is 47.2. The maximum atomic E-state index is 12.5. The summed E-state index contributed by atoms with van der Waals surface area (Å²) in [5.41, 5.74) is 0.940. The molecule has 2 rings (SSSR count). The van der Waals surface area contributed by atoms with Crippen molar-refractivity contribution in [2.45, 2.75) is 45.3 Å². The molecule has 1 atom stereocenters. The van der Waals surface area contributed by atoms with E-state index in [0.717, 1.165) is 38.3 Å². The summed E-state index contributed by atoms with van der Waals surface area (Å²) in [5, 5.41) is 0. The molecule has 0 aromatic heterocycles. The minimum Gasteiger partial charge on any atom is -0.370 e. The van der Waals surface area contributed by atoms with E-state index in [1.54, 1.807) is 0 Å². The van der Waals surface area contributed by atoms with Gasteiger partial charge >= 0.3 is 6.36 Å². The topological polar surface area (TPSA) is 24.9 Å². The molecule has 0 bridgehead atoms. The van der Waals surface area contributed by atoms with Crippen LogP contribution in [0, 0.1) is 0 Å². The Bertz CT molecular complexity index is 506. The van der Waals surface area contributed by atoms with E-state index < -0.39 is 19.1 Å². The lowest BCUT2D eigenvalue weighted by Crippen LogP contribution is -2.49. The summed E-state index contributed by atoms with van der Waals surface area (Å²) in [6, 6.07) is 9.47. The molecule has 0 N–H and O–H groups in total. The number of alkyl halides is 3. The van der Waals surface area contributed by atoms with Crippen LogP contribution in [-0.4, -0.2) is 68.1 Å². The Kier molecular flexibility index (Phi) is 9.54. The third-order valence-corrected chi connectivity index (χ3v) is 4.77. The number of nitrogens with zero attached hydrogens (tertiary/aromatic N) is 2. The minimum absolute atomic E-state index is 0.281. The summed E-state index contributed by atoms with van der Waals surface area (Å²) in [7, 11) is 0. The normalized spacial score (nSPS) is 17.9. The number of unbranched alkanes of at least 4 members (excludes halogenated alkanes) is 2. The highest BCUT2D eigenvalue weighted by atomic mass is 19.4. The molecule has 0 amide bonds. The average Bonchev–Trinajstić information content (AvgIpc) is 2.65. The fourth-order valence-electron chi connectivity index (χ4n) is 3.20. The molecule has 1 saturated heterocycles. The molecule has 1 unspecified atom stereocenters. The van der Waals surface area contributed by atoms with E-state index in [4.69, 9.17) is 4.74 Å². The first-order valence-electron chi connectivity index (χ1n) is 9.77. The van der Waals surface area contributed by atoms with Crippen molar-refractivity contribution in [1.82, 2.24) is 9.80 Å². The predicted octanol–water partition coefficient (Wildman–Crippen LogP) is 3.92. The van der Waals surface area contributed by atoms with E-state index in [2.05, 4.69) is 21.5 Å². The SMILES string of the molecule is CCCCCN1CCN(CC(COC(F)(F)F)OCc2ccccc2)CC1. The van der Waals surface area contributed by atoms with Crippen LogP contribution in [0.5, 0.6) is 0 Å². The molecule has 0 spiro atoms. The van der Waals surface area contributed by atoms with Gasteiger partial charge in [-0.2, -0.15) is 0 Å². The Balaban J connectivity index is 1.78. The van der Waals surface area contributed by atoms with Crippen LogP contribution in [0.25, 0.3) is 0 Å². The van der Waals surface area contributed by atoms with Gasteiger partial charge in [0, 0.05) is 32.7 Å². The van der Waals surface area contributed by atoms with Gasteiger partial charge < -0.3 is 9.64 Å². The molecule has 154 valence electrons. The molecule has 1 aliphatic heterocycles. The number of ether oxygens (including phenoxy) is 2. The van der Waals surface area contributed by atoms with Crippen LogP contribution in [0.2, 0.25) is 0 Å². The minimum atomic E-state index is -4.63. The third kappa shape index (κ3) is 9.55. The average molecular weight is 388 g/mol. The van der Waals surface area contributed by atoms with Crippen molar-refractivity contribution in [2.24, 2.45) is 0 Å². The van der Waals surface area contributed by atoms with Gasteiger partial charge in [-0.1, -0.05) is 50.1 Å². The standard InChI is InChI=1S/C20H31F3N2O2/c1-2-3-7-10-24-11-13-25(14-12-24)15-19(17-27-20(21,22)23)26-16-18-8-5-4-6-9-18/h4-6,8-9,19H,2-3,7,10-17H2,1H3. The predicted molar refractivity (Wildman–Crippen MR) is 99.4 cm³/mol. The first-order valence-corrected chi connectivity index (χ1v) is 9.77. The molecule has 1 fully saturated rings. The number of rotatable bonds is 11. The number of piperazine rings is 1. The van der Waals surface area contributed by atoms with E-state index in [1.165, 1.54) is 19.3 Å². The molecule has 1 aromatic carbocycles. The summed E-state index contributed by atoms with van der Waals surface area (Å²) in [6.45, 7) is 7.16. The zero-order chi connectivity index (χ0) is 19.5. The summed E-state index contributed by atoms with van der Waals surface area (Å²) in [5.74, 6) is 0. The van der Waals surface area contributed by atoms with Crippen molar-refractivity contribution >= 4 is 0 Å². The van der Waals surface area contributed by atoms with E-state index in [-0.39, 0.29) is 6.61 Å². The van der Waals surface area contributed by atoms with Gasteiger partial charge in [0.2, 0.25) is 0 Å². The van der Waals surface area contributed by atoms with Crippen LogP contribution in [0.1, 0.15) is 31.7 Å². The van der Waals surface area contributed by atoms with Crippen molar-refractivity contribution in [3.63, 3.8) is 0 Å². The molecular formula is C20H31F3N2O2. The maximum Gasteiger partial charge on any atom is 0.522 e. The Morgan fingerprint density at radius 2 is 1.67 bits per heavy atom. The fourth-order valence-corrected chi connectivity index (χ4v) is 3.20. The number of benzene rings is 1. The fraction of sp³-hybridized carbons (Fsp3) is 0.700. The smallest absolute Gasteiger partial charge is 0.370 e. The highest BCUT2D eigenvalue weighted by Gasteiger charge is 2.31. The molecule has 0 saturated carbocycles. The zero-order valence-electron chi connectivity index (χ0n) is 16.1. The van der Waals surface area contributed by atoms with Gasteiger partial charge in [-0.3, -0.25) is 9.64 Å². The van der Waals surface area contributed by atoms with Gasteiger partial charge in [0.15, 0.2) is 0 Å². The molecule has 0 radical (unpaired) electrons. The molecule has 1 heterocycles. The monoisotopic (exact) mass is 388 g/mol. The lowest BCUT2D eigenvalue weighted by molar-refractivity contribution is -0.332. The molecule has 7 heteroatoms. The molecule has 0 aliphatic carbocycles. The molecule has 27 heavy (non-hydrogen) atoms. The highest BCUT2D eigenvalue weighted by molar-refractivity contribution is 5.13. The van der Waals surface area contributed by atoms with Crippen LogP contribution < -0.4 is 0 Å². The van der Waals surface area contributed by atoms with E-state index in [9.17, 15) is 13.2 Å². The summed E-state index contributed by atoms with van der Waals surface area (Å²) in [6.07, 6.45) is -1.59. The number of hydrogen-bond acceptors (Lipinski definition) is 4. The third-order valence-electron chi connectivity index (χ3n) is 4.77. The van der Waals surface area contributed by atoms with Crippen LogP contribution in [-0.2, 0) is 16.1 Å². The largest absolute Gasteiger partial charge is 0.522 e. The Morgan fingerprint density at radius 3 is 2.30 bits per heavy atom. The number of hydrogen-bond donors (Lipinski definition) is 0. The van der Waals surface area contributed by atoms with Crippen molar-refractivity contribution in [1.29, 1.82) is 0 Å². The quantitative estimate of drug-likeness (QED) is 0.537. The Hall–Kier alpha value is -1.15. The second-order valence-corrected chi connectivity index (χ2v) is 7.02. The van der Waals surface area contributed by atoms with E-state index >= 15 is 0 Å². The van der Waals surface area contributed by atoms with Gasteiger partial charge in [0.1, 0.15) is 0 Å². The molecule has 1 aromatic rings. The first kappa shape index (κ1) is 22.1. The van der Waals surface area contributed by atoms with Crippen molar-refractivity contribution < 1.29 is 22.6 Å². The number of halogens is 3. The van der Waals surface area contributed by atoms with E-state index in [0.29, 0.717) is 6.54 Å². The molecule has 1 aliphatic rings. The van der Waals surface area contributed by atoms with Gasteiger partial charge in [0.05, 0.1) is 19.3 Å². The maximum absolute atomic E-state index is 12.5. The Morgan fingerprint density at radius 1 is 1.00 bits per heavy atom. The Labute approximate surface area is 160 Å².